The SMILES string of the molecule is C=CC(=O)Nc1ccc(-c2c3c4c(ncnc4n2C)NCc2cc(Oc4cccc(C)n4)ccc2-3)cc1F. The predicted molar refractivity (Wildman–Crippen MR) is 145 cm³/mol. The van der Waals surface area contributed by atoms with Crippen molar-refractivity contribution in [3.63, 3.8) is 0 Å². The number of halogens is 1. The molecule has 1 aliphatic heterocycles. The average Bonchev–Trinajstić information content (AvgIpc) is 3.11. The fraction of sp³-hybridized carbons (Fsp3) is 0.103. The van der Waals surface area contributed by atoms with E-state index in [0.29, 0.717) is 35.2 Å². The Labute approximate surface area is 217 Å². The standard InChI is InChI=1S/C29H23FN6O2/c1-4-23(37)35-22-11-8-17(13-21(22)30)27-25-20-10-9-19(38-24-7-5-6-16(2)34-24)12-18(20)14-31-28-26(25)29(36(27)3)33-15-32-28/h4-13,15H,1,14H2,2-3H3,(H,35,37)(H,31,32,33). The van der Waals surface area contributed by atoms with E-state index < -0.39 is 11.7 Å². The van der Waals surface area contributed by atoms with Crippen LogP contribution in [0.3, 0.4) is 0 Å². The normalized spacial score (nSPS) is 11.9. The number of anilines is 2. The van der Waals surface area contributed by atoms with Crippen LogP contribution in [0.25, 0.3) is 33.4 Å². The van der Waals surface area contributed by atoms with Gasteiger partial charge in [-0.2, -0.15) is 0 Å². The molecule has 0 saturated heterocycles. The Kier molecular flexibility index (Phi) is 5.60. The fourth-order valence-electron chi connectivity index (χ4n) is 4.83. The van der Waals surface area contributed by atoms with Crippen molar-refractivity contribution in [1.82, 2.24) is 19.5 Å². The molecule has 0 atom stereocenters. The minimum atomic E-state index is -0.553. The van der Waals surface area contributed by atoms with Crippen LogP contribution in [0.5, 0.6) is 11.6 Å². The predicted octanol–water partition coefficient (Wildman–Crippen LogP) is 5.99. The minimum Gasteiger partial charge on any atom is -0.439 e. The number of nitrogens with zero attached hydrogens (tertiary/aromatic N) is 4. The number of aromatic nitrogens is 4. The van der Waals surface area contributed by atoms with E-state index in [4.69, 9.17) is 4.74 Å². The van der Waals surface area contributed by atoms with Gasteiger partial charge >= 0.3 is 0 Å². The van der Waals surface area contributed by atoms with Crippen molar-refractivity contribution >= 4 is 28.4 Å². The highest BCUT2D eigenvalue weighted by atomic mass is 19.1. The van der Waals surface area contributed by atoms with Crippen LogP contribution in [-0.4, -0.2) is 25.4 Å². The lowest BCUT2D eigenvalue weighted by atomic mass is 9.95. The van der Waals surface area contributed by atoms with Crippen molar-refractivity contribution in [1.29, 1.82) is 0 Å². The van der Waals surface area contributed by atoms with Gasteiger partial charge in [0.05, 0.1) is 16.8 Å². The van der Waals surface area contributed by atoms with E-state index >= 15 is 4.39 Å². The fourth-order valence-corrected chi connectivity index (χ4v) is 4.83. The van der Waals surface area contributed by atoms with Crippen LogP contribution < -0.4 is 15.4 Å². The Morgan fingerprint density at radius 1 is 1.18 bits per heavy atom. The van der Waals surface area contributed by atoms with Crippen LogP contribution >= 0.6 is 0 Å². The number of rotatable bonds is 5. The molecule has 0 fully saturated rings. The summed E-state index contributed by atoms with van der Waals surface area (Å²) in [6.07, 6.45) is 2.61. The highest BCUT2D eigenvalue weighted by Gasteiger charge is 2.27. The highest BCUT2D eigenvalue weighted by Crippen LogP contribution is 2.46. The number of pyridine rings is 1. The molecule has 5 aromatic rings. The van der Waals surface area contributed by atoms with Gasteiger partial charge < -0.3 is 19.9 Å². The summed E-state index contributed by atoms with van der Waals surface area (Å²) in [5, 5.41) is 6.76. The molecule has 1 aliphatic rings. The molecule has 0 unspecified atom stereocenters. The van der Waals surface area contributed by atoms with E-state index in [1.54, 1.807) is 12.1 Å². The van der Waals surface area contributed by atoms with Crippen LogP contribution in [-0.2, 0) is 18.4 Å². The van der Waals surface area contributed by atoms with Gasteiger partial charge in [0.15, 0.2) is 0 Å². The molecule has 0 saturated carbocycles. The van der Waals surface area contributed by atoms with Gasteiger partial charge in [-0.05, 0) is 54.5 Å². The molecule has 188 valence electrons. The third-order valence-electron chi connectivity index (χ3n) is 6.53. The van der Waals surface area contributed by atoms with Crippen LogP contribution in [0, 0.1) is 12.7 Å². The average molecular weight is 507 g/mol. The number of benzene rings is 2. The molecule has 4 heterocycles. The lowest BCUT2D eigenvalue weighted by Crippen LogP contribution is -2.09. The van der Waals surface area contributed by atoms with Crippen molar-refractivity contribution in [2.75, 3.05) is 10.6 Å². The minimum absolute atomic E-state index is 0.0809. The van der Waals surface area contributed by atoms with Crippen LogP contribution in [0.2, 0.25) is 0 Å². The lowest BCUT2D eigenvalue weighted by Gasteiger charge is -2.14. The Bertz CT molecular complexity index is 1760. The molecule has 0 bridgehead atoms. The van der Waals surface area contributed by atoms with Crippen molar-refractivity contribution < 1.29 is 13.9 Å². The van der Waals surface area contributed by atoms with Crippen molar-refractivity contribution in [3.05, 3.63) is 90.7 Å². The van der Waals surface area contributed by atoms with Gasteiger partial charge in [0.2, 0.25) is 11.8 Å². The smallest absolute Gasteiger partial charge is 0.247 e. The molecule has 8 nitrogen and oxygen atoms in total. The number of carbonyl (C=O) groups excluding carboxylic acids is 1. The maximum absolute atomic E-state index is 15.1. The molecule has 1 amide bonds. The zero-order valence-electron chi connectivity index (χ0n) is 20.7. The summed E-state index contributed by atoms with van der Waals surface area (Å²) in [6, 6.07) is 16.2. The molecule has 9 heteroatoms. The van der Waals surface area contributed by atoms with E-state index in [9.17, 15) is 4.79 Å². The summed E-state index contributed by atoms with van der Waals surface area (Å²) in [7, 11) is 1.89. The molecule has 2 N–H and O–H groups in total. The molecule has 2 aromatic carbocycles. The number of hydrogen-bond acceptors (Lipinski definition) is 6. The van der Waals surface area contributed by atoms with Crippen LogP contribution in [0.1, 0.15) is 11.3 Å². The number of fused-ring (bicyclic) bond motifs is 2. The van der Waals surface area contributed by atoms with E-state index in [2.05, 4.69) is 32.2 Å². The van der Waals surface area contributed by atoms with E-state index in [1.165, 1.54) is 12.4 Å². The first-order valence-electron chi connectivity index (χ1n) is 12.0. The Hall–Kier alpha value is -5.05. The summed E-state index contributed by atoms with van der Waals surface area (Å²) in [5.74, 6) is 0.834. The number of hydrogen-bond donors (Lipinski definition) is 2. The van der Waals surface area contributed by atoms with Gasteiger partial charge in [-0.25, -0.2) is 19.3 Å². The first kappa shape index (κ1) is 23.4. The maximum Gasteiger partial charge on any atom is 0.247 e. The third kappa shape index (κ3) is 3.94. The first-order valence-corrected chi connectivity index (χ1v) is 12.0. The first-order chi connectivity index (χ1) is 18.4. The molecule has 0 radical (unpaired) electrons. The van der Waals surface area contributed by atoms with Gasteiger partial charge in [0, 0.05) is 36.5 Å². The topological polar surface area (TPSA) is 94.0 Å². The summed E-state index contributed by atoms with van der Waals surface area (Å²) in [5.41, 5.74) is 5.91. The second-order valence-electron chi connectivity index (χ2n) is 8.98. The number of amides is 1. The highest BCUT2D eigenvalue weighted by molar-refractivity contribution is 6.09. The van der Waals surface area contributed by atoms with Gasteiger partial charge in [-0.1, -0.05) is 24.8 Å². The van der Waals surface area contributed by atoms with Gasteiger partial charge in [-0.3, -0.25) is 4.79 Å². The third-order valence-corrected chi connectivity index (χ3v) is 6.53. The monoisotopic (exact) mass is 506 g/mol. The molecule has 0 aliphatic carbocycles. The lowest BCUT2D eigenvalue weighted by molar-refractivity contribution is -0.111. The van der Waals surface area contributed by atoms with Gasteiger partial charge in [-0.15, -0.1) is 0 Å². The van der Waals surface area contributed by atoms with E-state index in [-0.39, 0.29) is 5.69 Å². The molecule has 0 spiro atoms. The summed E-state index contributed by atoms with van der Waals surface area (Å²) >= 11 is 0. The maximum atomic E-state index is 15.1. The van der Waals surface area contributed by atoms with E-state index in [1.807, 2.05) is 54.9 Å². The largest absolute Gasteiger partial charge is 0.439 e. The van der Waals surface area contributed by atoms with Crippen molar-refractivity contribution in [3.8, 4) is 34.0 Å². The summed E-state index contributed by atoms with van der Waals surface area (Å²) in [4.78, 5) is 25.2. The summed E-state index contributed by atoms with van der Waals surface area (Å²) in [6.45, 7) is 5.85. The van der Waals surface area contributed by atoms with Gasteiger partial charge in [0.1, 0.15) is 29.4 Å². The van der Waals surface area contributed by atoms with Crippen molar-refractivity contribution in [2.45, 2.75) is 13.5 Å². The number of nitrogens with one attached hydrogen (secondary N) is 2. The Balaban J connectivity index is 1.50. The molecular weight excluding hydrogens is 483 g/mol. The van der Waals surface area contributed by atoms with E-state index in [0.717, 1.165) is 39.5 Å². The van der Waals surface area contributed by atoms with Crippen molar-refractivity contribution in [2.24, 2.45) is 7.05 Å². The quantitative estimate of drug-likeness (QED) is 0.285. The Morgan fingerprint density at radius 2 is 2.05 bits per heavy atom. The molecule has 3 aromatic heterocycles. The zero-order chi connectivity index (χ0) is 26.4. The summed E-state index contributed by atoms with van der Waals surface area (Å²) < 4.78 is 23.1. The van der Waals surface area contributed by atoms with Crippen LogP contribution in [0.4, 0.5) is 15.9 Å². The Morgan fingerprint density at radius 3 is 2.84 bits per heavy atom. The second-order valence-corrected chi connectivity index (χ2v) is 8.98. The zero-order valence-corrected chi connectivity index (χ0v) is 20.7. The number of carbonyl (C=O) groups is 1. The van der Waals surface area contributed by atoms with Gasteiger partial charge in [0.25, 0.3) is 0 Å². The number of aryl methyl sites for hydroxylation is 2. The van der Waals surface area contributed by atoms with Crippen LogP contribution in [0.15, 0.2) is 73.6 Å². The number of ether oxygens (including phenoxy) is 1. The second kappa shape index (κ2) is 9.11. The molecular formula is C29H23FN6O2. The molecule has 6 rings (SSSR count). The molecule has 38 heavy (non-hydrogen) atoms.